The van der Waals surface area contributed by atoms with E-state index in [1.807, 2.05) is 0 Å². The van der Waals surface area contributed by atoms with Crippen molar-refractivity contribution in [3.05, 3.63) is 75.6 Å². The van der Waals surface area contributed by atoms with Gasteiger partial charge in [-0.25, -0.2) is 14.2 Å². The third-order valence-corrected chi connectivity index (χ3v) is 7.05. The van der Waals surface area contributed by atoms with E-state index in [0.717, 1.165) is 16.2 Å². The summed E-state index contributed by atoms with van der Waals surface area (Å²) < 4.78 is 31.2. The van der Waals surface area contributed by atoms with Crippen molar-refractivity contribution in [2.24, 2.45) is 0 Å². The van der Waals surface area contributed by atoms with Gasteiger partial charge in [0.1, 0.15) is 35.7 Å². The van der Waals surface area contributed by atoms with Crippen molar-refractivity contribution in [3.8, 4) is 11.5 Å². The van der Waals surface area contributed by atoms with Crippen LogP contribution in [0, 0.1) is 12.7 Å². The highest BCUT2D eigenvalue weighted by Gasteiger charge is 2.49. The number of aliphatic hydroxyl groups excluding tert-OH is 1. The lowest BCUT2D eigenvalue weighted by atomic mass is 9.95. The Morgan fingerprint density at radius 1 is 1.19 bits per heavy atom. The number of rotatable bonds is 5. The van der Waals surface area contributed by atoms with Crippen molar-refractivity contribution < 1.29 is 38.1 Å². The van der Waals surface area contributed by atoms with Gasteiger partial charge in [0.15, 0.2) is 16.6 Å². The Morgan fingerprint density at radius 2 is 1.92 bits per heavy atom. The number of thiazole rings is 1. The number of esters is 1. The zero-order valence-electron chi connectivity index (χ0n) is 19.8. The van der Waals surface area contributed by atoms with Gasteiger partial charge in [0.2, 0.25) is 0 Å². The van der Waals surface area contributed by atoms with Gasteiger partial charge in [0, 0.05) is 11.1 Å². The summed E-state index contributed by atoms with van der Waals surface area (Å²) in [6.45, 7) is 4.04. The van der Waals surface area contributed by atoms with Gasteiger partial charge < -0.3 is 19.3 Å². The largest absolute Gasteiger partial charge is 0.507 e. The number of carbonyl (C=O) groups is 3. The molecule has 1 aromatic heterocycles. The number of anilines is 1. The van der Waals surface area contributed by atoms with Crippen LogP contribution in [0.4, 0.5) is 9.52 Å². The Morgan fingerprint density at radius 3 is 2.65 bits per heavy atom. The molecule has 1 amide bonds. The van der Waals surface area contributed by atoms with Crippen molar-refractivity contribution in [1.82, 2.24) is 4.98 Å². The van der Waals surface area contributed by atoms with Crippen LogP contribution in [0.2, 0.25) is 0 Å². The standard InChI is InChI=1S/C26H21FN2O7S/c1-3-34-25(33)23-13(2)28-26(37-23)29-20(15-6-4-5-7-16(15)27)19(22(31)24(29)32)21(30)14-8-9-17-18(12-14)36-11-10-35-17/h4-9,12,20,30H,3,10-11H2,1-2H3/b21-19+. The number of hydrogen-bond acceptors (Lipinski definition) is 9. The van der Waals surface area contributed by atoms with Crippen LogP contribution in [0.5, 0.6) is 11.5 Å². The average molecular weight is 525 g/mol. The van der Waals surface area contributed by atoms with Gasteiger partial charge in [-0.05, 0) is 38.1 Å². The number of halogens is 1. The summed E-state index contributed by atoms with van der Waals surface area (Å²) >= 11 is 0.847. The van der Waals surface area contributed by atoms with E-state index >= 15 is 4.39 Å². The van der Waals surface area contributed by atoms with Crippen molar-refractivity contribution in [2.45, 2.75) is 19.9 Å². The highest BCUT2D eigenvalue weighted by molar-refractivity contribution is 7.17. The lowest BCUT2D eigenvalue weighted by Crippen LogP contribution is -2.29. The van der Waals surface area contributed by atoms with Crippen LogP contribution in [0.15, 0.2) is 48.0 Å². The number of aryl methyl sites for hydroxylation is 1. The molecule has 1 N–H and O–H groups in total. The first kappa shape index (κ1) is 24.4. The van der Waals surface area contributed by atoms with Gasteiger partial charge in [0.25, 0.3) is 5.78 Å². The number of ketones is 1. The van der Waals surface area contributed by atoms with Crippen molar-refractivity contribution in [3.63, 3.8) is 0 Å². The Hall–Kier alpha value is -4.25. The molecular formula is C26H21FN2O7S. The third-order valence-electron chi connectivity index (χ3n) is 5.91. The molecule has 0 saturated carbocycles. The fraction of sp³-hybridized carbons (Fsp3) is 0.231. The predicted octanol–water partition coefficient (Wildman–Crippen LogP) is 4.16. The number of carbonyl (C=O) groups excluding carboxylic acids is 3. The number of benzene rings is 2. The van der Waals surface area contributed by atoms with Gasteiger partial charge in [-0.1, -0.05) is 29.5 Å². The molecule has 0 spiro atoms. The summed E-state index contributed by atoms with van der Waals surface area (Å²) in [5, 5.41) is 11.3. The van der Waals surface area contributed by atoms with Gasteiger partial charge >= 0.3 is 11.9 Å². The number of fused-ring (bicyclic) bond motifs is 1. The first-order valence-electron chi connectivity index (χ1n) is 11.4. The molecule has 1 atom stereocenters. The van der Waals surface area contributed by atoms with E-state index in [2.05, 4.69) is 4.98 Å². The number of nitrogens with zero attached hydrogens (tertiary/aromatic N) is 2. The van der Waals surface area contributed by atoms with Crippen LogP contribution in [0.3, 0.4) is 0 Å². The lowest BCUT2D eigenvalue weighted by Gasteiger charge is -2.23. The Kier molecular flexibility index (Phi) is 6.38. The molecule has 190 valence electrons. The summed E-state index contributed by atoms with van der Waals surface area (Å²) in [5.41, 5.74) is 0.134. The molecule has 3 aromatic rings. The number of ether oxygens (including phenoxy) is 3. The summed E-state index contributed by atoms with van der Waals surface area (Å²) in [5.74, 6) is -3.03. The maximum Gasteiger partial charge on any atom is 0.350 e. The normalized spacial score (nSPS) is 18.2. The van der Waals surface area contributed by atoms with Crippen LogP contribution in [0.25, 0.3) is 5.76 Å². The summed E-state index contributed by atoms with van der Waals surface area (Å²) in [4.78, 5) is 44.5. The number of aliphatic hydroxyl groups is 1. The average Bonchev–Trinajstić information content (AvgIpc) is 3.40. The summed E-state index contributed by atoms with van der Waals surface area (Å²) in [7, 11) is 0. The Balaban J connectivity index is 1.68. The molecule has 0 bridgehead atoms. The molecule has 1 fully saturated rings. The second-order valence-corrected chi connectivity index (χ2v) is 9.16. The van der Waals surface area contributed by atoms with E-state index in [0.29, 0.717) is 30.4 Å². The third kappa shape index (κ3) is 4.20. The van der Waals surface area contributed by atoms with E-state index in [-0.39, 0.29) is 33.3 Å². The second kappa shape index (κ2) is 9.66. The van der Waals surface area contributed by atoms with E-state index in [4.69, 9.17) is 14.2 Å². The second-order valence-electron chi connectivity index (χ2n) is 8.18. The molecule has 1 saturated heterocycles. The minimum absolute atomic E-state index is 0.00266. The Bertz CT molecular complexity index is 1460. The molecular weight excluding hydrogens is 503 g/mol. The number of hydrogen-bond donors (Lipinski definition) is 1. The van der Waals surface area contributed by atoms with E-state index in [1.165, 1.54) is 30.3 Å². The van der Waals surface area contributed by atoms with Gasteiger partial charge in [-0.15, -0.1) is 0 Å². The van der Waals surface area contributed by atoms with Crippen molar-refractivity contribution in [2.75, 3.05) is 24.7 Å². The van der Waals surface area contributed by atoms with Crippen LogP contribution in [0.1, 0.15) is 39.5 Å². The van der Waals surface area contributed by atoms with Crippen molar-refractivity contribution in [1.29, 1.82) is 0 Å². The molecule has 11 heteroatoms. The molecule has 0 aliphatic carbocycles. The van der Waals surface area contributed by atoms with Crippen LogP contribution < -0.4 is 14.4 Å². The smallest absolute Gasteiger partial charge is 0.350 e. The number of Topliss-reactive ketones (excluding diaryl/α,β-unsaturated/α-hetero) is 1. The summed E-state index contributed by atoms with van der Waals surface area (Å²) in [6.07, 6.45) is 0. The molecule has 0 radical (unpaired) electrons. The van der Waals surface area contributed by atoms with Gasteiger partial charge in [-0.3, -0.25) is 14.5 Å². The zero-order chi connectivity index (χ0) is 26.3. The quantitative estimate of drug-likeness (QED) is 0.229. The van der Waals surface area contributed by atoms with Crippen LogP contribution in [-0.2, 0) is 14.3 Å². The minimum atomic E-state index is -1.34. The van der Waals surface area contributed by atoms with E-state index in [1.54, 1.807) is 26.0 Å². The fourth-order valence-electron chi connectivity index (χ4n) is 4.24. The monoisotopic (exact) mass is 524 g/mol. The SMILES string of the molecule is CCOC(=O)c1sc(N2C(=O)C(=O)/C(=C(/O)c3ccc4c(c3)OCCO4)C2c2ccccc2F)nc1C. The molecule has 37 heavy (non-hydrogen) atoms. The molecule has 5 rings (SSSR count). The van der Waals surface area contributed by atoms with Crippen LogP contribution in [-0.4, -0.2) is 47.6 Å². The zero-order valence-corrected chi connectivity index (χ0v) is 20.6. The molecule has 2 aliphatic heterocycles. The number of amides is 1. The highest BCUT2D eigenvalue weighted by Crippen LogP contribution is 2.45. The maximum absolute atomic E-state index is 15.1. The van der Waals surface area contributed by atoms with E-state index < -0.39 is 35.3 Å². The molecule has 1 unspecified atom stereocenters. The number of aromatic nitrogens is 1. The van der Waals surface area contributed by atoms with Gasteiger partial charge in [0.05, 0.1) is 17.9 Å². The predicted molar refractivity (Wildman–Crippen MR) is 131 cm³/mol. The minimum Gasteiger partial charge on any atom is -0.507 e. The van der Waals surface area contributed by atoms with Crippen LogP contribution >= 0.6 is 11.3 Å². The molecule has 2 aromatic carbocycles. The first-order valence-corrected chi connectivity index (χ1v) is 12.2. The van der Waals surface area contributed by atoms with Gasteiger partial charge in [-0.2, -0.15) is 0 Å². The molecule has 3 heterocycles. The fourth-order valence-corrected chi connectivity index (χ4v) is 5.23. The maximum atomic E-state index is 15.1. The molecule has 9 nitrogen and oxygen atoms in total. The van der Waals surface area contributed by atoms with E-state index in [9.17, 15) is 19.5 Å². The highest BCUT2D eigenvalue weighted by atomic mass is 32.1. The summed E-state index contributed by atoms with van der Waals surface area (Å²) in [6, 6.07) is 8.88. The topological polar surface area (TPSA) is 115 Å². The molecule has 2 aliphatic rings. The van der Waals surface area contributed by atoms with Crippen molar-refractivity contribution >= 4 is 39.9 Å². The first-order chi connectivity index (χ1) is 17.8. The Labute approximate surface area is 214 Å². The lowest BCUT2D eigenvalue weighted by molar-refractivity contribution is -0.132.